The molecular formula is C10H13BrFN. The molecule has 0 fully saturated rings. The zero-order chi connectivity index (χ0) is 9.84. The Labute approximate surface area is 86.5 Å². The first-order chi connectivity index (χ1) is 6.13. The normalized spacial score (nSPS) is 12.6. The smallest absolute Gasteiger partial charge is 0.137 e. The Hall–Kier alpha value is -0.570. The molecule has 0 saturated heterocycles. The number of halogens is 2. The number of rotatable bonds is 3. The molecule has 0 saturated carbocycles. The summed E-state index contributed by atoms with van der Waals surface area (Å²) < 4.78 is 13.3. The second kappa shape index (κ2) is 4.61. The van der Waals surface area contributed by atoms with Gasteiger partial charge in [0.1, 0.15) is 5.82 Å². The third kappa shape index (κ3) is 2.99. The van der Waals surface area contributed by atoms with E-state index in [0.717, 1.165) is 12.1 Å². The van der Waals surface area contributed by atoms with E-state index in [4.69, 9.17) is 0 Å². The predicted octanol–water partition coefficient (Wildman–Crippen LogP) is 3.80. The molecule has 1 unspecified atom stereocenters. The van der Waals surface area contributed by atoms with E-state index in [1.807, 2.05) is 0 Å². The van der Waals surface area contributed by atoms with Gasteiger partial charge in [0, 0.05) is 11.7 Å². The van der Waals surface area contributed by atoms with E-state index in [-0.39, 0.29) is 5.82 Å². The van der Waals surface area contributed by atoms with Crippen molar-refractivity contribution in [3.8, 4) is 0 Å². The maximum atomic E-state index is 12.8. The fourth-order valence-corrected chi connectivity index (χ4v) is 1.35. The predicted molar refractivity (Wildman–Crippen MR) is 57.5 cm³/mol. The van der Waals surface area contributed by atoms with Crippen LogP contribution in [-0.2, 0) is 0 Å². The molecule has 72 valence electrons. The fourth-order valence-electron chi connectivity index (χ4n) is 0.972. The molecule has 0 aliphatic rings. The van der Waals surface area contributed by atoms with Gasteiger partial charge in [-0.2, -0.15) is 0 Å². The van der Waals surface area contributed by atoms with E-state index < -0.39 is 0 Å². The standard InChI is InChI=1S/C10H13BrFN/c1-3-7(2)13-8-4-5-10(12)9(11)6-8/h4-7,13H,3H2,1-2H3. The molecule has 0 bridgehead atoms. The molecular weight excluding hydrogens is 233 g/mol. The molecule has 1 N–H and O–H groups in total. The van der Waals surface area contributed by atoms with Gasteiger partial charge in [-0.3, -0.25) is 0 Å². The fraction of sp³-hybridized carbons (Fsp3) is 0.400. The summed E-state index contributed by atoms with van der Waals surface area (Å²) in [7, 11) is 0. The summed E-state index contributed by atoms with van der Waals surface area (Å²) in [5.74, 6) is -0.227. The van der Waals surface area contributed by atoms with Crippen LogP contribution in [0.1, 0.15) is 20.3 Å². The van der Waals surface area contributed by atoms with Gasteiger partial charge >= 0.3 is 0 Å². The maximum Gasteiger partial charge on any atom is 0.137 e. The first-order valence-corrected chi connectivity index (χ1v) is 5.14. The first-order valence-electron chi connectivity index (χ1n) is 4.35. The van der Waals surface area contributed by atoms with Crippen molar-refractivity contribution in [1.29, 1.82) is 0 Å². The molecule has 1 aromatic rings. The highest BCUT2D eigenvalue weighted by Crippen LogP contribution is 2.20. The lowest BCUT2D eigenvalue weighted by molar-refractivity contribution is 0.621. The van der Waals surface area contributed by atoms with Gasteiger partial charge in [-0.25, -0.2) is 4.39 Å². The SMILES string of the molecule is CCC(C)Nc1ccc(F)c(Br)c1. The van der Waals surface area contributed by atoms with Crippen molar-refractivity contribution >= 4 is 21.6 Å². The van der Waals surface area contributed by atoms with Crippen LogP contribution in [-0.4, -0.2) is 6.04 Å². The Morgan fingerprint density at radius 2 is 2.23 bits per heavy atom. The summed E-state index contributed by atoms with van der Waals surface area (Å²) in [6.45, 7) is 4.20. The van der Waals surface area contributed by atoms with E-state index >= 15 is 0 Å². The Morgan fingerprint density at radius 3 is 2.77 bits per heavy atom. The van der Waals surface area contributed by atoms with E-state index in [9.17, 15) is 4.39 Å². The van der Waals surface area contributed by atoms with Crippen molar-refractivity contribution in [2.24, 2.45) is 0 Å². The minimum absolute atomic E-state index is 0.227. The molecule has 1 nitrogen and oxygen atoms in total. The van der Waals surface area contributed by atoms with E-state index in [1.165, 1.54) is 6.07 Å². The molecule has 0 radical (unpaired) electrons. The van der Waals surface area contributed by atoms with Crippen LogP contribution in [0.3, 0.4) is 0 Å². The van der Waals surface area contributed by atoms with Gasteiger partial charge in [0.15, 0.2) is 0 Å². The van der Waals surface area contributed by atoms with Crippen LogP contribution in [0.15, 0.2) is 22.7 Å². The van der Waals surface area contributed by atoms with Crippen molar-refractivity contribution in [3.63, 3.8) is 0 Å². The van der Waals surface area contributed by atoms with Crippen molar-refractivity contribution in [2.45, 2.75) is 26.3 Å². The molecule has 0 heterocycles. The summed E-state index contributed by atoms with van der Waals surface area (Å²) in [4.78, 5) is 0. The van der Waals surface area contributed by atoms with Gasteiger partial charge in [-0.05, 0) is 47.5 Å². The zero-order valence-corrected chi connectivity index (χ0v) is 9.36. The molecule has 1 aromatic carbocycles. The Kier molecular flexibility index (Phi) is 3.72. The topological polar surface area (TPSA) is 12.0 Å². The number of nitrogens with one attached hydrogen (secondary N) is 1. The quantitative estimate of drug-likeness (QED) is 0.855. The van der Waals surface area contributed by atoms with Crippen molar-refractivity contribution in [1.82, 2.24) is 0 Å². The van der Waals surface area contributed by atoms with Gasteiger partial charge in [-0.15, -0.1) is 0 Å². The minimum Gasteiger partial charge on any atom is -0.383 e. The van der Waals surface area contributed by atoms with E-state index in [2.05, 4.69) is 35.1 Å². The summed E-state index contributed by atoms with van der Waals surface area (Å²) in [5.41, 5.74) is 0.947. The number of anilines is 1. The molecule has 0 aliphatic carbocycles. The first kappa shape index (κ1) is 10.5. The number of hydrogen-bond donors (Lipinski definition) is 1. The molecule has 1 rings (SSSR count). The van der Waals surface area contributed by atoms with E-state index in [0.29, 0.717) is 10.5 Å². The van der Waals surface area contributed by atoms with Crippen LogP contribution in [0.2, 0.25) is 0 Å². The van der Waals surface area contributed by atoms with Gasteiger partial charge in [-0.1, -0.05) is 6.92 Å². The highest BCUT2D eigenvalue weighted by Gasteiger charge is 2.02. The van der Waals surface area contributed by atoms with Crippen LogP contribution in [0, 0.1) is 5.82 Å². The second-order valence-electron chi connectivity index (χ2n) is 3.08. The Balaban J connectivity index is 2.73. The second-order valence-corrected chi connectivity index (χ2v) is 3.94. The largest absolute Gasteiger partial charge is 0.383 e. The van der Waals surface area contributed by atoms with Crippen LogP contribution in [0.25, 0.3) is 0 Å². The third-order valence-electron chi connectivity index (χ3n) is 1.95. The van der Waals surface area contributed by atoms with Crippen molar-refractivity contribution in [2.75, 3.05) is 5.32 Å². The van der Waals surface area contributed by atoms with Gasteiger partial charge < -0.3 is 5.32 Å². The highest BCUT2D eigenvalue weighted by molar-refractivity contribution is 9.10. The van der Waals surface area contributed by atoms with Crippen LogP contribution in [0.5, 0.6) is 0 Å². The Morgan fingerprint density at radius 1 is 1.54 bits per heavy atom. The molecule has 13 heavy (non-hydrogen) atoms. The molecule has 0 aliphatic heterocycles. The third-order valence-corrected chi connectivity index (χ3v) is 2.55. The zero-order valence-electron chi connectivity index (χ0n) is 7.77. The monoisotopic (exact) mass is 245 g/mol. The summed E-state index contributed by atoms with van der Waals surface area (Å²) in [6, 6.07) is 5.36. The van der Waals surface area contributed by atoms with Crippen LogP contribution in [0.4, 0.5) is 10.1 Å². The number of hydrogen-bond acceptors (Lipinski definition) is 1. The molecule has 3 heteroatoms. The number of benzene rings is 1. The van der Waals surface area contributed by atoms with Crippen molar-refractivity contribution in [3.05, 3.63) is 28.5 Å². The maximum absolute atomic E-state index is 12.8. The highest BCUT2D eigenvalue weighted by atomic mass is 79.9. The van der Waals surface area contributed by atoms with E-state index in [1.54, 1.807) is 12.1 Å². The Bertz CT molecular complexity index is 288. The van der Waals surface area contributed by atoms with Crippen LogP contribution >= 0.6 is 15.9 Å². The summed E-state index contributed by atoms with van der Waals surface area (Å²) >= 11 is 3.14. The van der Waals surface area contributed by atoms with Gasteiger partial charge in [0.2, 0.25) is 0 Å². The van der Waals surface area contributed by atoms with Gasteiger partial charge in [0.05, 0.1) is 4.47 Å². The average Bonchev–Trinajstić information content (AvgIpc) is 2.11. The van der Waals surface area contributed by atoms with Crippen molar-refractivity contribution < 1.29 is 4.39 Å². The van der Waals surface area contributed by atoms with Crippen LogP contribution < -0.4 is 5.32 Å². The lowest BCUT2D eigenvalue weighted by Gasteiger charge is -2.12. The molecule has 0 amide bonds. The summed E-state index contributed by atoms with van der Waals surface area (Å²) in [6.07, 6.45) is 1.05. The average molecular weight is 246 g/mol. The summed E-state index contributed by atoms with van der Waals surface area (Å²) in [5, 5.41) is 3.26. The lowest BCUT2D eigenvalue weighted by Crippen LogP contribution is -2.13. The van der Waals surface area contributed by atoms with Gasteiger partial charge in [0.25, 0.3) is 0 Å². The molecule has 0 spiro atoms. The lowest BCUT2D eigenvalue weighted by atomic mass is 10.2. The molecule has 1 atom stereocenters. The minimum atomic E-state index is -0.227. The molecule has 0 aromatic heterocycles.